The molecule has 0 N–H and O–H groups in total. The summed E-state index contributed by atoms with van der Waals surface area (Å²) in [5, 5.41) is 2.11. The fraction of sp³-hybridized carbons (Fsp3) is 0.190. The van der Waals surface area contributed by atoms with E-state index in [0.717, 1.165) is 33.9 Å². The molecule has 0 fully saturated rings. The summed E-state index contributed by atoms with van der Waals surface area (Å²) in [5.41, 5.74) is 3.46. The number of esters is 1. The Labute approximate surface area is 151 Å². The summed E-state index contributed by atoms with van der Waals surface area (Å²) in [6, 6.07) is 8.06. The minimum Gasteiger partial charge on any atom is -0.469 e. The molecule has 4 rings (SSSR count). The van der Waals surface area contributed by atoms with Crippen molar-refractivity contribution in [2.24, 2.45) is 0 Å². The lowest BCUT2D eigenvalue weighted by Crippen LogP contribution is -2.47. The Hall–Kier alpha value is -3.05. The highest BCUT2D eigenvalue weighted by atomic mass is 16.5. The first-order chi connectivity index (χ1) is 12.7. The van der Waals surface area contributed by atoms with Crippen molar-refractivity contribution in [3.8, 4) is 0 Å². The lowest BCUT2D eigenvalue weighted by molar-refractivity contribution is -0.822. The first kappa shape index (κ1) is 16.4. The minimum atomic E-state index is -0.203. The molecular weight excluding hydrogens is 326 g/mol. The molecule has 0 amide bonds. The molecule has 0 saturated heterocycles. The van der Waals surface area contributed by atoms with Crippen LogP contribution in [0.3, 0.4) is 0 Å². The normalized spacial score (nSPS) is 20.0. The van der Waals surface area contributed by atoms with Gasteiger partial charge in [0.25, 0.3) is 0 Å². The third-order valence-electron chi connectivity index (χ3n) is 4.90. The zero-order valence-corrected chi connectivity index (χ0v) is 14.6. The number of carbonyl (C=O) groups is 1. The average Bonchev–Trinajstić information content (AvgIpc) is 3.07. The maximum absolute atomic E-state index is 11.9. The van der Waals surface area contributed by atoms with Crippen LogP contribution in [0.25, 0.3) is 11.8 Å². The number of hydrogen-bond acceptors (Lipinski definition) is 4. The topological polar surface area (TPSA) is 52.1 Å². The highest BCUT2D eigenvalue weighted by Gasteiger charge is 2.38. The molecule has 1 aliphatic carbocycles. The van der Waals surface area contributed by atoms with Crippen molar-refractivity contribution in [1.82, 2.24) is 9.97 Å². The number of methoxy groups -OCH3 is 1. The van der Waals surface area contributed by atoms with Gasteiger partial charge in [-0.1, -0.05) is 6.07 Å². The van der Waals surface area contributed by atoms with Gasteiger partial charge in [-0.05, 0) is 36.4 Å². The molecule has 2 aromatic heterocycles. The van der Waals surface area contributed by atoms with Crippen LogP contribution >= 0.6 is 0 Å². The van der Waals surface area contributed by atoms with E-state index in [2.05, 4.69) is 40.5 Å². The predicted octanol–water partition coefficient (Wildman–Crippen LogP) is 1.41. The van der Waals surface area contributed by atoms with Gasteiger partial charge in [-0.3, -0.25) is 14.3 Å². The Morgan fingerprint density at radius 3 is 2.85 bits per heavy atom. The van der Waals surface area contributed by atoms with Gasteiger partial charge in [-0.2, -0.15) is 0 Å². The number of ether oxygens (including phenoxy) is 1. The van der Waals surface area contributed by atoms with Gasteiger partial charge < -0.3 is 4.74 Å². The van der Waals surface area contributed by atoms with E-state index in [1.165, 1.54) is 7.11 Å². The zero-order chi connectivity index (χ0) is 18.0. The van der Waals surface area contributed by atoms with Crippen LogP contribution in [0.1, 0.15) is 12.0 Å². The molecule has 2 aromatic rings. The maximum atomic E-state index is 11.9. The van der Waals surface area contributed by atoms with Crippen molar-refractivity contribution >= 4 is 17.7 Å². The molecule has 5 nitrogen and oxygen atoms in total. The zero-order valence-electron chi connectivity index (χ0n) is 14.6. The van der Waals surface area contributed by atoms with Gasteiger partial charge in [-0.15, -0.1) is 0 Å². The second-order valence-corrected chi connectivity index (χ2v) is 6.50. The van der Waals surface area contributed by atoms with Crippen LogP contribution in [-0.4, -0.2) is 34.1 Å². The van der Waals surface area contributed by atoms with Crippen LogP contribution in [0.2, 0.25) is 0 Å². The second kappa shape index (κ2) is 6.69. The number of aromatic nitrogens is 2. The summed E-state index contributed by atoms with van der Waals surface area (Å²) in [5.74, 6) is -0.203. The van der Waals surface area contributed by atoms with Crippen molar-refractivity contribution in [1.29, 1.82) is 0 Å². The molecule has 5 heteroatoms. The predicted molar refractivity (Wildman–Crippen MR) is 98.3 cm³/mol. The van der Waals surface area contributed by atoms with Crippen LogP contribution in [-0.2, 0) is 16.1 Å². The van der Waals surface area contributed by atoms with Gasteiger partial charge in [-0.25, -0.2) is 4.98 Å². The number of carbonyl (C=O) groups excluding carboxylic acids is 1. The first-order valence-corrected chi connectivity index (χ1v) is 8.62. The quantitative estimate of drug-likeness (QED) is 0.607. The molecule has 0 aromatic carbocycles. The number of rotatable bonds is 5. The first-order valence-electron chi connectivity index (χ1n) is 8.62. The molecule has 0 radical (unpaired) electrons. The molecule has 1 aliphatic heterocycles. The fourth-order valence-electron chi connectivity index (χ4n) is 3.69. The molecule has 1 unspecified atom stereocenters. The molecular formula is C21H20N3O2+. The fourth-order valence-corrected chi connectivity index (χ4v) is 3.69. The maximum Gasteiger partial charge on any atom is 0.311 e. The van der Waals surface area contributed by atoms with Crippen LogP contribution in [0.15, 0.2) is 66.8 Å². The summed E-state index contributed by atoms with van der Waals surface area (Å²) in [7, 11) is 1.43. The number of pyridine rings is 2. The Kier molecular flexibility index (Phi) is 4.22. The molecule has 0 saturated carbocycles. The van der Waals surface area contributed by atoms with E-state index < -0.39 is 0 Å². The van der Waals surface area contributed by atoms with E-state index >= 15 is 0 Å². The molecule has 1 atom stereocenters. The molecule has 2 aliphatic rings. The van der Waals surface area contributed by atoms with Gasteiger partial charge in [0.1, 0.15) is 18.1 Å². The van der Waals surface area contributed by atoms with Crippen molar-refractivity contribution in [3.63, 3.8) is 0 Å². The highest BCUT2D eigenvalue weighted by Crippen LogP contribution is 2.34. The van der Waals surface area contributed by atoms with Crippen molar-refractivity contribution in [2.75, 3.05) is 13.7 Å². The van der Waals surface area contributed by atoms with Crippen LogP contribution in [0, 0.1) is 0 Å². The Bertz CT molecular complexity index is 1020. The van der Waals surface area contributed by atoms with E-state index in [-0.39, 0.29) is 5.97 Å². The van der Waals surface area contributed by atoms with Crippen molar-refractivity contribution in [2.45, 2.75) is 13.0 Å². The smallest absolute Gasteiger partial charge is 0.311 e. The van der Waals surface area contributed by atoms with E-state index in [4.69, 9.17) is 4.74 Å². The Morgan fingerprint density at radius 2 is 2.04 bits per heavy atom. The van der Waals surface area contributed by atoms with Crippen LogP contribution < -0.4 is 10.6 Å². The molecule has 0 spiro atoms. The lowest BCUT2D eigenvalue weighted by atomic mass is 10.0. The van der Waals surface area contributed by atoms with Gasteiger partial charge in [0.05, 0.1) is 20.1 Å². The molecule has 0 bridgehead atoms. The highest BCUT2D eigenvalue weighted by molar-refractivity contribution is 5.79. The minimum absolute atomic E-state index is 0.203. The SMILES string of the molecule is COC(=O)CC[N+]1(Cc2ccncc2)C=CC=C2C=c3cccnc3=C21. The Morgan fingerprint density at radius 1 is 1.19 bits per heavy atom. The Balaban J connectivity index is 1.85. The number of nitrogens with zero attached hydrogens (tertiary/aromatic N) is 3. The lowest BCUT2D eigenvalue weighted by Gasteiger charge is -2.37. The van der Waals surface area contributed by atoms with Crippen molar-refractivity contribution < 1.29 is 14.0 Å². The average molecular weight is 346 g/mol. The van der Waals surface area contributed by atoms with E-state index in [1.807, 2.05) is 24.4 Å². The van der Waals surface area contributed by atoms with Crippen LogP contribution in [0.5, 0.6) is 0 Å². The standard InChI is InChI=1S/C21H20N3O2/c1-26-19(25)8-13-24(15-16-6-10-22-11-7-16)12-3-5-18-14-17-4-2-9-23-20(17)21(18)24/h2-7,9-12,14H,8,13,15H2,1H3/q+1. The molecule has 130 valence electrons. The third-order valence-corrected chi connectivity index (χ3v) is 4.90. The number of hydrogen-bond donors (Lipinski definition) is 0. The summed E-state index contributed by atoms with van der Waals surface area (Å²) in [6.45, 7) is 1.34. The summed E-state index contributed by atoms with van der Waals surface area (Å²) in [4.78, 5) is 20.6. The van der Waals surface area contributed by atoms with E-state index in [0.29, 0.717) is 17.4 Å². The van der Waals surface area contributed by atoms with E-state index in [9.17, 15) is 4.79 Å². The van der Waals surface area contributed by atoms with Crippen molar-refractivity contribution in [3.05, 3.63) is 82.9 Å². The van der Waals surface area contributed by atoms with Gasteiger partial charge in [0.2, 0.25) is 0 Å². The third kappa shape index (κ3) is 2.86. The van der Waals surface area contributed by atoms with Gasteiger partial charge >= 0.3 is 5.97 Å². The number of fused-ring (bicyclic) bond motifs is 2. The number of allylic oxidation sites excluding steroid dienone is 2. The number of quaternary nitrogens is 1. The summed E-state index contributed by atoms with van der Waals surface area (Å²) < 4.78 is 5.42. The monoisotopic (exact) mass is 346 g/mol. The second-order valence-electron chi connectivity index (χ2n) is 6.50. The largest absolute Gasteiger partial charge is 0.469 e. The van der Waals surface area contributed by atoms with Crippen LogP contribution in [0.4, 0.5) is 0 Å². The van der Waals surface area contributed by atoms with E-state index in [1.54, 1.807) is 12.4 Å². The summed E-state index contributed by atoms with van der Waals surface area (Å²) in [6.07, 6.45) is 14.3. The summed E-state index contributed by atoms with van der Waals surface area (Å²) >= 11 is 0. The molecule has 26 heavy (non-hydrogen) atoms. The van der Waals surface area contributed by atoms with Gasteiger partial charge in [0.15, 0.2) is 5.70 Å². The van der Waals surface area contributed by atoms with Gasteiger partial charge in [0, 0.05) is 34.9 Å². The molecule has 3 heterocycles.